The predicted octanol–water partition coefficient (Wildman–Crippen LogP) is 3.30. The Labute approximate surface area is 140 Å². The highest BCUT2D eigenvalue weighted by atomic mass is 35.5. The van der Waals surface area contributed by atoms with Crippen molar-refractivity contribution in [3.8, 4) is 6.07 Å². The molecule has 1 heterocycles. The summed E-state index contributed by atoms with van der Waals surface area (Å²) in [7, 11) is 0. The Morgan fingerprint density at radius 3 is 2.32 bits per heavy atom. The maximum Gasteiger partial charge on any atom is 0.390 e. The van der Waals surface area contributed by atoms with Crippen molar-refractivity contribution in [3.63, 3.8) is 0 Å². The van der Waals surface area contributed by atoms with Crippen LogP contribution in [0.5, 0.6) is 0 Å². The lowest BCUT2D eigenvalue weighted by atomic mass is 9.96. The van der Waals surface area contributed by atoms with Crippen molar-refractivity contribution in [1.82, 2.24) is 10.2 Å². The molecule has 0 radical (unpaired) electrons. The summed E-state index contributed by atoms with van der Waals surface area (Å²) in [6, 6.07) is 7.75. The van der Waals surface area contributed by atoms with Gasteiger partial charge in [0.2, 0.25) is 0 Å². The minimum absolute atomic E-state index is 0. The van der Waals surface area contributed by atoms with Crippen LogP contribution in [0, 0.1) is 11.3 Å². The Kier molecular flexibility index (Phi) is 8.79. The summed E-state index contributed by atoms with van der Waals surface area (Å²) < 4.78 is 38.6. The molecule has 1 saturated heterocycles. The van der Waals surface area contributed by atoms with E-state index in [0.717, 1.165) is 0 Å². The Morgan fingerprint density at radius 1 is 1.18 bits per heavy atom. The van der Waals surface area contributed by atoms with Gasteiger partial charge in [0.25, 0.3) is 0 Å². The van der Waals surface area contributed by atoms with Crippen molar-refractivity contribution in [3.05, 3.63) is 35.4 Å². The molecule has 0 aromatic heterocycles. The molecule has 1 N–H and O–H groups in total. The third-order valence-corrected chi connectivity index (χ3v) is 3.46. The highest BCUT2D eigenvalue weighted by Crippen LogP contribution is 2.35. The van der Waals surface area contributed by atoms with E-state index in [4.69, 9.17) is 5.26 Å². The summed E-state index contributed by atoms with van der Waals surface area (Å²) >= 11 is 0. The molecular formula is C14H18Cl2F3N3. The number of nitriles is 1. The first-order valence-corrected chi connectivity index (χ1v) is 6.52. The van der Waals surface area contributed by atoms with E-state index in [-0.39, 0.29) is 24.8 Å². The molecule has 1 aromatic rings. The van der Waals surface area contributed by atoms with Crippen LogP contribution in [0.2, 0.25) is 0 Å². The van der Waals surface area contributed by atoms with E-state index < -0.39 is 18.6 Å². The van der Waals surface area contributed by atoms with E-state index in [1.54, 1.807) is 29.2 Å². The van der Waals surface area contributed by atoms with Gasteiger partial charge < -0.3 is 5.32 Å². The molecule has 1 aliphatic rings. The molecule has 2 rings (SSSR count). The third kappa shape index (κ3) is 5.65. The second-order valence-electron chi connectivity index (χ2n) is 4.82. The van der Waals surface area contributed by atoms with Crippen molar-refractivity contribution in [1.29, 1.82) is 5.26 Å². The topological polar surface area (TPSA) is 39.1 Å². The summed E-state index contributed by atoms with van der Waals surface area (Å²) in [5, 5.41) is 12.2. The van der Waals surface area contributed by atoms with Crippen molar-refractivity contribution in [2.75, 3.05) is 26.2 Å². The minimum Gasteiger partial charge on any atom is -0.314 e. The molecule has 124 valence electrons. The number of rotatable bonds is 3. The van der Waals surface area contributed by atoms with Crippen molar-refractivity contribution >= 4 is 24.8 Å². The second-order valence-corrected chi connectivity index (χ2v) is 4.82. The number of halogens is 5. The zero-order valence-electron chi connectivity index (χ0n) is 11.8. The first-order chi connectivity index (χ1) is 9.51. The lowest BCUT2D eigenvalue weighted by molar-refractivity contribution is -0.148. The van der Waals surface area contributed by atoms with Crippen LogP contribution in [-0.4, -0.2) is 37.3 Å². The Morgan fingerprint density at radius 2 is 1.77 bits per heavy atom. The second kappa shape index (κ2) is 9.21. The number of hydrogen-bond donors (Lipinski definition) is 1. The number of alkyl halides is 3. The molecule has 1 aliphatic heterocycles. The highest BCUT2D eigenvalue weighted by molar-refractivity contribution is 5.85. The highest BCUT2D eigenvalue weighted by Gasteiger charge is 2.36. The average molecular weight is 356 g/mol. The zero-order valence-corrected chi connectivity index (χ0v) is 13.4. The van der Waals surface area contributed by atoms with Gasteiger partial charge >= 0.3 is 6.18 Å². The molecule has 0 aliphatic carbocycles. The summed E-state index contributed by atoms with van der Waals surface area (Å²) in [4.78, 5) is 1.81. The normalized spacial score (nSPS) is 16.8. The van der Waals surface area contributed by atoms with Crippen LogP contribution >= 0.6 is 24.8 Å². The van der Waals surface area contributed by atoms with E-state index in [1.165, 1.54) is 0 Å². The summed E-state index contributed by atoms with van der Waals surface area (Å²) in [5.74, 6) is 0. The largest absolute Gasteiger partial charge is 0.390 e. The van der Waals surface area contributed by atoms with Crippen molar-refractivity contribution in [2.24, 2.45) is 0 Å². The molecule has 0 spiro atoms. The molecule has 1 aromatic carbocycles. The van der Waals surface area contributed by atoms with Gasteiger partial charge in [0.05, 0.1) is 18.1 Å². The number of piperazine rings is 1. The van der Waals surface area contributed by atoms with E-state index in [0.29, 0.717) is 37.3 Å². The van der Waals surface area contributed by atoms with Crippen LogP contribution in [0.15, 0.2) is 24.3 Å². The Balaban J connectivity index is 0.00000220. The Bertz CT molecular complexity index is 497. The fourth-order valence-electron chi connectivity index (χ4n) is 2.54. The number of nitrogens with one attached hydrogen (secondary N) is 1. The summed E-state index contributed by atoms with van der Waals surface area (Å²) in [6.07, 6.45) is -5.18. The van der Waals surface area contributed by atoms with Gasteiger partial charge in [-0.2, -0.15) is 18.4 Å². The molecule has 1 fully saturated rings. The summed E-state index contributed by atoms with van der Waals surface area (Å²) in [6.45, 7) is 2.45. The standard InChI is InChI=1S/C14H16F3N3.2ClH/c15-14(16,17)9-13(20-7-5-19-6-8-20)12-4-2-1-3-11(12)10-18;;/h1-4,13,19H,5-9H2;2*1H/t13-;;/m0../s1. The van der Waals surface area contributed by atoms with Gasteiger partial charge in [-0.25, -0.2) is 0 Å². The van der Waals surface area contributed by atoms with Gasteiger partial charge in [-0.15, -0.1) is 24.8 Å². The van der Waals surface area contributed by atoms with Crippen LogP contribution in [0.4, 0.5) is 13.2 Å². The van der Waals surface area contributed by atoms with Gasteiger partial charge in [-0.05, 0) is 11.6 Å². The SMILES string of the molecule is Cl.Cl.N#Cc1ccccc1[C@H](CC(F)(F)F)N1CCNCC1. The van der Waals surface area contributed by atoms with E-state index in [9.17, 15) is 13.2 Å². The molecular weight excluding hydrogens is 338 g/mol. The van der Waals surface area contributed by atoms with Gasteiger partial charge in [0.15, 0.2) is 0 Å². The molecule has 8 heteroatoms. The molecule has 0 unspecified atom stereocenters. The molecule has 0 bridgehead atoms. The lowest BCUT2D eigenvalue weighted by Gasteiger charge is -2.36. The quantitative estimate of drug-likeness (QED) is 0.903. The van der Waals surface area contributed by atoms with Crippen LogP contribution in [0.1, 0.15) is 23.6 Å². The van der Waals surface area contributed by atoms with Crippen molar-refractivity contribution in [2.45, 2.75) is 18.6 Å². The fraction of sp³-hybridized carbons (Fsp3) is 0.500. The van der Waals surface area contributed by atoms with E-state index in [1.807, 2.05) is 6.07 Å². The number of hydrogen-bond acceptors (Lipinski definition) is 3. The molecule has 1 atom stereocenters. The maximum atomic E-state index is 12.9. The van der Waals surface area contributed by atoms with Crippen LogP contribution in [0.25, 0.3) is 0 Å². The van der Waals surface area contributed by atoms with Gasteiger partial charge in [0.1, 0.15) is 0 Å². The first kappa shape index (κ1) is 21.0. The Hall–Kier alpha value is -1.00. The third-order valence-electron chi connectivity index (χ3n) is 3.46. The minimum atomic E-state index is -4.25. The monoisotopic (exact) mass is 355 g/mol. The average Bonchev–Trinajstić information content (AvgIpc) is 2.45. The van der Waals surface area contributed by atoms with Crippen molar-refractivity contribution < 1.29 is 13.2 Å². The summed E-state index contributed by atoms with van der Waals surface area (Å²) in [5.41, 5.74) is 0.787. The lowest BCUT2D eigenvalue weighted by Crippen LogP contribution is -2.46. The number of nitrogens with zero attached hydrogens (tertiary/aromatic N) is 2. The fourth-order valence-corrected chi connectivity index (χ4v) is 2.54. The number of benzene rings is 1. The van der Waals surface area contributed by atoms with Gasteiger partial charge in [0, 0.05) is 32.2 Å². The molecule has 0 amide bonds. The van der Waals surface area contributed by atoms with Gasteiger partial charge in [-0.1, -0.05) is 18.2 Å². The molecule has 3 nitrogen and oxygen atoms in total. The predicted molar refractivity (Wildman–Crippen MR) is 83.5 cm³/mol. The van der Waals surface area contributed by atoms with E-state index in [2.05, 4.69) is 5.32 Å². The molecule has 0 saturated carbocycles. The smallest absolute Gasteiger partial charge is 0.314 e. The van der Waals surface area contributed by atoms with Gasteiger partial charge in [-0.3, -0.25) is 4.90 Å². The van der Waals surface area contributed by atoms with Crippen LogP contribution in [-0.2, 0) is 0 Å². The van der Waals surface area contributed by atoms with E-state index >= 15 is 0 Å². The first-order valence-electron chi connectivity index (χ1n) is 6.52. The van der Waals surface area contributed by atoms with Crippen LogP contribution in [0.3, 0.4) is 0 Å². The van der Waals surface area contributed by atoms with Crippen LogP contribution < -0.4 is 5.32 Å². The zero-order chi connectivity index (χ0) is 14.6. The maximum absolute atomic E-state index is 12.9. The molecule has 22 heavy (non-hydrogen) atoms.